The number of nitrogens with zero attached hydrogens (tertiary/aromatic N) is 2. The molecule has 0 N–H and O–H groups in total. The summed E-state index contributed by atoms with van der Waals surface area (Å²) in [4.78, 5) is 14.9. The molecule has 3 rings (SSSR count). The topological polar surface area (TPSA) is 25.2 Å². The van der Waals surface area contributed by atoms with Crippen LogP contribution in [0, 0.1) is 5.92 Å². The van der Waals surface area contributed by atoms with Gasteiger partial charge < -0.3 is 9.47 Å². The Bertz CT molecular complexity index is 733. The Balaban J connectivity index is 1.62. The average molecular weight is 387 g/mol. The van der Waals surface area contributed by atoms with E-state index in [1.807, 2.05) is 23.1 Å². The summed E-state index contributed by atoms with van der Waals surface area (Å²) in [5.41, 5.74) is 2.35. The van der Waals surface area contributed by atoms with Crippen molar-refractivity contribution in [3.63, 3.8) is 0 Å². The van der Waals surface area contributed by atoms with Crippen LogP contribution in [0.3, 0.4) is 0 Å². The van der Waals surface area contributed by atoms with Gasteiger partial charge in [-0.1, -0.05) is 56.3 Å². The number of halogens is 1. The molecule has 2 aromatic rings. The van der Waals surface area contributed by atoms with Crippen molar-refractivity contribution in [1.29, 1.82) is 0 Å². The maximum Gasteiger partial charge on any atom is 0.222 e. The molecule has 1 aliphatic carbocycles. The summed E-state index contributed by atoms with van der Waals surface area (Å²) in [7, 11) is 0. The first-order chi connectivity index (χ1) is 13.2. The molecule has 4 heteroatoms. The van der Waals surface area contributed by atoms with Gasteiger partial charge in [-0.25, -0.2) is 0 Å². The Morgan fingerprint density at radius 3 is 2.78 bits per heavy atom. The minimum atomic E-state index is 0.305. The summed E-state index contributed by atoms with van der Waals surface area (Å²) in [6.07, 6.45) is 10.1. The fourth-order valence-corrected chi connectivity index (χ4v) is 4.33. The van der Waals surface area contributed by atoms with E-state index in [-0.39, 0.29) is 0 Å². The molecule has 1 amide bonds. The first-order valence-corrected chi connectivity index (χ1v) is 10.7. The third-order valence-corrected chi connectivity index (χ3v) is 5.84. The van der Waals surface area contributed by atoms with Crippen LogP contribution >= 0.6 is 11.6 Å². The van der Waals surface area contributed by atoms with Crippen molar-refractivity contribution < 1.29 is 4.79 Å². The number of benzene rings is 1. The zero-order chi connectivity index (χ0) is 19.1. The standard InChI is InChI=1S/C23H31ClN2O/c1-2-14-26(23(27)13-12-19-7-3-4-8-19)18-22-11-6-15-25(22)17-20-9-5-10-21(24)16-20/h5-6,9-11,15-16,19H,2-4,7-8,12-14,17-18H2,1H3. The van der Waals surface area contributed by atoms with E-state index in [1.54, 1.807) is 0 Å². The highest BCUT2D eigenvalue weighted by molar-refractivity contribution is 6.30. The zero-order valence-corrected chi connectivity index (χ0v) is 17.1. The quantitative estimate of drug-likeness (QED) is 0.526. The Hall–Kier alpha value is -1.74. The molecule has 1 aromatic heterocycles. The van der Waals surface area contributed by atoms with E-state index in [9.17, 15) is 4.79 Å². The predicted octanol–water partition coefficient (Wildman–Crippen LogP) is 5.90. The summed E-state index contributed by atoms with van der Waals surface area (Å²) < 4.78 is 2.22. The maximum absolute atomic E-state index is 12.8. The summed E-state index contributed by atoms with van der Waals surface area (Å²) in [6.45, 7) is 4.43. The average Bonchev–Trinajstić information content (AvgIpc) is 3.32. The minimum Gasteiger partial charge on any atom is -0.345 e. The van der Waals surface area contributed by atoms with E-state index in [2.05, 4.69) is 35.9 Å². The van der Waals surface area contributed by atoms with Crippen molar-refractivity contribution >= 4 is 17.5 Å². The van der Waals surface area contributed by atoms with E-state index in [0.717, 1.165) is 36.9 Å². The smallest absolute Gasteiger partial charge is 0.222 e. The van der Waals surface area contributed by atoms with Crippen molar-refractivity contribution in [1.82, 2.24) is 9.47 Å². The molecule has 0 bridgehead atoms. The lowest BCUT2D eigenvalue weighted by atomic mass is 10.0. The molecule has 0 spiro atoms. The van der Waals surface area contributed by atoms with Crippen LogP contribution in [0.5, 0.6) is 0 Å². The molecule has 1 aliphatic rings. The summed E-state index contributed by atoms with van der Waals surface area (Å²) in [6, 6.07) is 12.2. The third-order valence-electron chi connectivity index (χ3n) is 5.61. The predicted molar refractivity (Wildman–Crippen MR) is 112 cm³/mol. The second kappa shape index (κ2) is 9.98. The van der Waals surface area contributed by atoms with Gasteiger partial charge in [0.25, 0.3) is 0 Å². The Kier molecular flexibility index (Phi) is 7.40. The van der Waals surface area contributed by atoms with Crippen molar-refractivity contribution in [3.05, 3.63) is 58.9 Å². The van der Waals surface area contributed by atoms with Gasteiger partial charge in [0, 0.05) is 36.4 Å². The van der Waals surface area contributed by atoms with Crippen molar-refractivity contribution in [2.45, 2.75) is 65.0 Å². The van der Waals surface area contributed by atoms with Crippen LogP contribution in [0.25, 0.3) is 0 Å². The maximum atomic E-state index is 12.8. The van der Waals surface area contributed by atoms with Gasteiger partial charge in [-0.15, -0.1) is 0 Å². The van der Waals surface area contributed by atoms with Crippen LogP contribution in [0.15, 0.2) is 42.6 Å². The normalized spacial score (nSPS) is 14.6. The fourth-order valence-electron chi connectivity index (χ4n) is 4.12. The van der Waals surface area contributed by atoms with Gasteiger partial charge in [-0.05, 0) is 48.6 Å². The van der Waals surface area contributed by atoms with Crippen LogP contribution in [0.1, 0.15) is 63.1 Å². The van der Waals surface area contributed by atoms with E-state index in [1.165, 1.54) is 36.9 Å². The van der Waals surface area contributed by atoms with E-state index >= 15 is 0 Å². The van der Waals surface area contributed by atoms with Crippen LogP contribution in [0.2, 0.25) is 5.02 Å². The number of aromatic nitrogens is 1. The minimum absolute atomic E-state index is 0.305. The Morgan fingerprint density at radius 2 is 2.04 bits per heavy atom. The van der Waals surface area contributed by atoms with Crippen molar-refractivity contribution in [3.8, 4) is 0 Å². The monoisotopic (exact) mass is 386 g/mol. The van der Waals surface area contributed by atoms with Gasteiger partial charge in [0.2, 0.25) is 5.91 Å². The van der Waals surface area contributed by atoms with Gasteiger partial charge in [0.1, 0.15) is 0 Å². The lowest BCUT2D eigenvalue weighted by molar-refractivity contribution is -0.132. The largest absolute Gasteiger partial charge is 0.345 e. The lowest BCUT2D eigenvalue weighted by Crippen LogP contribution is -2.32. The Labute approximate surface area is 168 Å². The summed E-state index contributed by atoms with van der Waals surface area (Å²) >= 11 is 6.12. The van der Waals surface area contributed by atoms with Crippen LogP contribution in [-0.2, 0) is 17.9 Å². The molecule has 0 atom stereocenters. The number of amides is 1. The van der Waals surface area contributed by atoms with Gasteiger partial charge in [-0.2, -0.15) is 0 Å². The Morgan fingerprint density at radius 1 is 1.22 bits per heavy atom. The number of rotatable bonds is 9. The van der Waals surface area contributed by atoms with Crippen molar-refractivity contribution in [2.75, 3.05) is 6.54 Å². The molecule has 146 valence electrons. The molecule has 0 unspecified atom stereocenters. The fraction of sp³-hybridized carbons (Fsp3) is 0.522. The molecule has 3 nitrogen and oxygen atoms in total. The van der Waals surface area contributed by atoms with Gasteiger partial charge in [0.15, 0.2) is 0 Å². The molecule has 1 aromatic carbocycles. The van der Waals surface area contributed by atoms with Gasteiger partial charge in [0.05, 0.1) is 6.54 Å². The summed E-state index contributed by atoms with van der Waals surface area (Å²) in [5, 5.41) is 0.760. The molecule has 0 saturated heterocycles. The number of carbonyl (C=O) groups is 1. The highest BCUT2D eigenvalue weighted by atomic mass is 35.5. The van der Waals surface area contributed by atoms with Gasteiger partial charge in [-0.3, -0.25) is 4.79 Å². The third kappa shape index (κ3) is 5.87. The molecule has 27 heavy (non-hydrogen) atoms. The second-order valence-corrected chi connectivity index (χ2v) is 8.20. The molecule has 0 aliphatic heterocycles. The van der Waals surface area contributed by atoms with Crippen LogP contribution in [0.4, 0.5) is 0 Å². The van der Waals surface area contributed by atoms with Gasteiger partial charge >= 0.3 is 0 Å². The number of carbonyl (C=O) groups excluding carboxylic acids is 1. The molecule has 1 heterocycles. The van der Waals surface area contributed by atoms with E-state index < -0.39 is 0 Å². The first-order valence-electron chi connectivity index (χ1n) is 10.3. The second-order valence-electron chi connectivity index (χ2n) is 7.76. The number of hydrogen-bond donors (Lipinski definition) is 0. The van der Waals surface area contributed by atoms with Crippen LogP contribution < -0.4 is 0 Å². The van der Waals surface area contributed by atoms with Crippen LogP contribution in [-0.4, -0.2) is 21.9 Å². The molecule has 1 fully saturated rings. The first kappa shape index (κ1) is 20.0. The molecular formula is C23H31ClN2O. The lowest BCUT2D eigenvalue weighted by Gasteiger charge is -2.24. The number of hydrogen-bond acceptors (Lipinski definition) is 1. The van der Waals surface area contributed by atoms with E-state index in [4.69, 9.17) is 11.6 Å². The van der Waals surface area contributed by atoms with E-state index in [0.29, 0.717) is 18.9 Å². The summed E-state index contributed by atoms with van der Waals surface area (Å²) in [5.74, 6) is 1.07. The van der Waals surface area contributed by atoms with Crippen molar-refractivity contribution in [2.24, 2.45) is 5.92 Å². The highest BCUT2D eigenvalue weighted by Gasteiger charge is 2.19. The molecule has 1 saturated carbocycles. The molecule has 0 radical (unpaired) electrons. The molecular weight excluding hydrogens is 356 g/mol. The SMILES string of the molecule is CCCN(Cc1cccn1Cc1cccc(Cl)c1)C(=O)CCC1CCCC1. The zero-order valence-electron chi connectivity index (χ0n) is 16.4. The highest BCUT2D eigenvalue weighted by Crippen LogP contribution is 2.28.